The van der Waals surface area contributed by atoms with E-state index in [2.05, 4.69) is 12.1 Å². The SMILES string of the molecule is O=C(Cl)C1CCC(COCc2ccccc2)CC1. The minimum atomic E-state index is -0.168. The predicted molar refractivity (Wildman–Crippen MR) is 72.4 cm³/mol. The van der Waals surface area contributed by atoms with Crippen LogP contribution in [0.5, 0.6) is 0 Å². The zero-order valence-corrected chi connectivity index (χ0v) is 11.2. The fourth-order valence-electron chi connectivity index (χ4n) is 2.47. The van der Waals surface area contributed by atoms with Crippen LogP contribution in [0.2, 0.25) is 0 Å². The molecule has 0 bridgehead atoms. The van der Waals surface area contributed by atoms with Gasteiger partial charge in [0.15, 0.2) is 0 Å². The Morgan fingerprint density at radius 3 is 2.44 bits per heavy atom. The van der Waals surface area contributed by atoms with Gasteiger partial charge in [-0.1, -0.05) is 30.3 Å². The lowest BCUT2D eigenvalue weighted by molar-refractivity contribution is -0.116. The van der Waals surface area contributed by atoms with Crippen LogP contribution in [0.4, 0.5) is 0 Å². The molecule has 2 nitrogen and oxygen atoms in total. The molecule has 1 aromatic rings. The molecular weight excluding hydrogens is 248 g/mol. The molecule has 18 heavy (non-hydrogen) atoms. The zero-order valence-electron chi connectivity index (χ0n) is 10.5. The first-order valence-electron chi connectivity index (χ1n) is 6.56. The lowest BCUT2D eigenvalue weighted by Gasteiger charge is -2.26. The van der Waals surface area contributed by atoms with Crippen molar-refractivity contribution in [1.29, 1.82) is 0 Å². The molecule has 1 aromatic carbocycles. The summed E-state index contributed by atoms with van der Waals surface area (Å²) in [6, 6.07) is 10.2. The third-order valence-corrected chi connectivity index (χ3v) is 3.94. The van der Waals surface area contributed by atoms with Crippen molar-refractivity contribution in [2.24, 2.45) is 11.8 Å². The molecule has 0 amide bonds. The molecule has 0 unspecified atom stereocenters. The fourth-order valence-corrected chi connectivity index (χ4v) is 2.69. The average molecular weight is 267 g/mol. The van der Waals surface area contributed by atoms with Gasteiger partial charge in [-0.3, -0.25) is 4.79 Å². The molecule has 1 aliphatic rings. The molecule has 3 heteroatoms. The van der Waals surface area contributed by atoms with Gasteiger partial charge in [0.2, 0.25) is 5.24 Å². The second-order valence-corrected chi connectivity index (χ2v) is 5.40. The number of halogens is 1. The summed E-state index contributed by atoms with van der Waals surface area (Å²) >= 11 is 5.52. The Kier molecular flexibility index (Phi) is 5.21. The van der Waals surface area contributed by atoms with Crippen molar-refractivity contribution < 1.29 is 9.53 Å². The second-order valence-electron chi connectivity index (χ2n) is 5.02. The van der Waals surface area contributed by atoms with Crippen LogP contribution in [0.15, 0.2) is 30.3 Å². The van der Waals surface area contributed by atoms with E-state index in [4.69, 9.17) is 16.3 Å². The van der Waals surface area contributed by atoms with Crippen LogP contribution >= 0.6 is 11.6 Å². The maximum Gasteiger partial charge on any atom is 0.224 e. The Morgan fingerprint density at radius 1 is 1.17 bits per heavy atom. The molecule has 1 fully saturated rings. The van der Waals surface area contributed by atoms with E-state index in [0.717, 1.165) is 32.3 Å². The van der Waals surface area contributed by atoms with Gasteiger partial charge in [-0.2, -0.15) is 0 Å². The summed E-state index contributed by atoms with van der Waals surface area (Å²) < 4.78 is 5.74. The van der Waals surface area contributed by atoms with Gasteiger partial charge in [0, 0.05) is 12.5 Å². The smallest absolute Gasteiger partial charge is 0.224 e. The summed E-state index contributed by atoms with van der Waals surface area (Å²) in [5.41, 5.74) is 1.21. The lowest BCUT2D eigenvalue weighted by atomic mass is 9.83. The quantitative estimate of drug-likeness (QED) is 0.759. The molecule has 0 aromatic heterocycles. The number of benzene rings is 1. The van der Waals surface area contributed by atoms with Crippen LogP contribution in [0, 0.1) is 11.8 Å². The summed E-state index contributed by atoms with van der Waals surface area (Å²) in [4.78, 5) is 11.0. The molecule has 2 rings (SSSR count). The highest BCUT2D eigenvalue weighted by Crippen LogP contribution is 2.30. The Labute approximate surface area is 113 Å². The summed E-state index contributed by atoms with van der Waals surface area (Å²) in [5.74, 6) is 0.665. The maximum absolute atomic E-state index is 11.0. The minimum Gasteiger partial charge on any atom is -0.376 e. The molecular formula is C15H19ClO2. The van der Waals surface area contributed by atoms with Gasteiger partial charge in [0.25, 0.3) is 0 Å². The average Bonchev–Trinajstić information content (AvgIpc) is 2.40. The molecule has 98 valence electrons. The number of hydrogen-bond donors (Lipinski definition) is 0. The minimum absolute atomic E-state index is 0.0806. The molecule has 1 saturated carbocycles. The van der Waals surface area contributed by atoms with E-state index in [1.54, 1.807) is 0 Å². The third kappa shape index (κ3) is 4.11. The van der Waals surface area contributed by atoms with Crippen molar-refractivity contribution in [3.8, 4) is 0 Å². The largest absolute Gasteiger partial charge is 0.376 e. The predicted octanol–water partition coefficient (Wildman–Crippen LogP) is 3.78. The molecule has 1 aliphatic carbocycles. The van der Waals surface area contributed by atoms with E-state index in [0.29, 0.717) is 12.5 Å². The number of ether oxygens (including phenoxy) is 1. The van der Waals surface area contributed by atoms with Crippen LogP contribution in [0.1, 0.15) is 31.2 Å². The number of carbonyl (C=O) groups is 1. The first-order valence-corrected chi connectivity index (χ1v) is 6.94. The second kappa shape index (κ2) is 6.91. The molecule has 0 aliphatic heterocycles. The van der Waals surface area contributed by atoms with Crippen molar-refractivity contribution >= 4 is 16.8 Å². The zero-order chi connectivity index (χ0) is 12.8. The van der Waals surface area contributed by atoms with Gasteiger partial charge >= 0.3 is 0 Å². The van der Waals surface area contributed by atoms with E-state index in [-0.39, 0.29) is 11.2 Å². The van der Waals surface area contributed by atoms with Crippen molar-refractivity contribution in [2.45, 2.75) is 32.3 Å². The number of hydrogen-bond acceptors (Lipinski definition) is 2. The molecule has 0 N–H and O–H groups in total. The van der Waals surface area contributed by atoms with Crippen molar-refractivity contribution in [1.82, 2.24) is 0 Å². The van der Waals surface area contributed by atoms with E-state index in [1.807, 2.05) is 18.2 Å². The Morgan fingerprint density at radius 2 is 1.83 bits per heavy atom. The molecule has 0 saturated heterocycles. The van der Waals surface area contributed by atoms with Gasteiger partial charge in [-0.15, -0.1) is 0 Å². The normalized spacial score (nSPS) is 23.8. The highest BCUT2D eigenvalue weighted by molar-refractivity contribution is 6.63. The van der Waals surface area contributed by atoms with Crippen LogP contribution in [-0.2, 0) is 16.1 Å². The molecule has 0 heterocycles. The number of carbonyl (C=O) groups excluding carboxylic acids is 1. The van der Waals surface area contributed by atoms with Crippen LogP contribution in [-0.4, -0.2) is 11.8 Å². The van der Waals surface area contributed by atoms with Crippen molar-refractivity contribution in [2.75, 3.05) is 6.61 Å². The van der Waals surface area contributed by atoms with E-state index >= 15 is 0 Å². The van der Waals surface area contributed by atoms with Crippen LogP contribution in [0.25, 0.3) is 0 Å². The summed E-state index contributed by atoms with van der Waals surface area (Å²) in [6.07, 6.45) is 3.94. The van der Waals surface area contributed by atoms with Gasteiger partial charge < -0.3 is 4.74 Å². The highest BCUT2D eigenvalue weighted by atomic mass is 35.5. The van der Waals surface area contributed by atoms with Gasteiger partial charge in [-0.05, 0) is 48.8 Å². The van der Waals surface area contributed by atoms with E-state index < -0.39 is 0 Å². The Bertz CT molecular complexity index is 369. The molecule has 0 spiro atoms. The van der Waals surface area contributed by atoms with Crippen LogP contribution in [0.3, 0.4) is 0 Å². The Balaban J connectivity index is 1.65. The lowest BCUT2D eigenvalue weighted by Crippen LogP contribution is -2.21. The molecule has 0 atom stereocenters. The summed E-state index contributed by atoms with van der Waals surface area (Å²) in [7, 11) is 0. The van der Waals surface area contributed by atoms with Crippen molar-refractivity contribution in [3.05, 3.63) is 35.9 Å². The highest BCUT2D eigenvalue weighted by Gasteiger charge is 2.25. The maximum atomic E-state index is 11.0. The first kappa shape index (κ1) is 13.6. The topological polar surface area (TPSA) is 26.3 Å². The number of rotatable bonds is 5. The third-order valence-electron chi connectivity index (χ3n) is 3.63. The van der Waals surface area contributed by atoms with Gasteiger partial charge in [0.1, 0.15) is 0 Å². The summed E-state index contributed by atoms with van der Waals surface area (Å²) in [5, 5.41) is -0.168. The van der Waals surface area contributed by atoms with Crippen LogP contribution < -0.4 is 0 Å². The van der Waals surface area contributed by atoms with E-state index in [9.17, 15) is 4.79 Å². The van der Waals surface area contributed by atoms with Gasteiger partial charge in [0.05, 0.1) is 6.61 Å². The standard InChI is InChI=1S/C15H19ClO2/c16-15(17)14-8-6-13(7-9-14)11-18-10-12-4-2-1-3-5-12/h1-5,13-14H,6-11H2. The molecule has 0 radical (unpaired) electrons. The monoisotopic (exact) mass is 266 g/mol. The summed E-state index contributed by atoms with van der Waals surface area (Å²) in [6.45, 7) is 1.47. The first-order chi connectivity index (χ1) is 8.75. The van der Waals surface area contributed by atoms with Gasteiger partial charge in [-0.25, -0.2) is 0 Å². The van der Waals surface area contributed by atoms with E-state index in [1.165, 1.54) is 5.56 Å². The van der Waals surface area contributed by atoms with Crippen molar-refractivity contribution in [3.63, 3.8) is 0 Å². The fraction of sp³-hybridized carbons (Fsp3) is 0.533. The Hall–Kier alpha value is -0.860.